The van der Waals surface area contributed by atoms with Crippen molar-refractivity contribution >= 4 is 55.0 Å². The van der Waals surface area contributed by atoms with Gasteiger partial charge in [0, 0.05) is 35.9 Å². The Balaban J connectivity index is 1.68. The van der Waals surface area contributed by atoms with E-state index in [1.807, 2.05) is 31.2 Å². The lowest BCUT2D eigenvalue weighted by Crippen LogP contribution is -2.21. The zero-order chi connectivity index (χ0) is 29.6. The number of aromatic hydroxyl groups is 1. The minimum absolute atomic E-state index is 0.259. The van der Waals surface area contributed by atoms with Gasteiger partial charge in [0.15, 0.2) is 5.75 Å². The summed E-state index contributed by atoms with van der Waals surface area (Å²) in [6.45, 7) is 8.36. The molecule has 4 rings (SSSR count). The first-order valence-electron chi connectivity index (χ1n) is 13.1. The third kappa shape index (κ3) is 6.97. The van der Waals surface area contributed by atoms with Crippen molar-refractivity contribution in [2.24, 2.45) is 20.5 Å². The van der Waals surface area contributed by atoms with Crippen molar-refractivity contribution < 1.29 is 22.8 Å². The number of phenols is 1. The van der Waals surface area contributed by atoms with Gasteiger partial charge in [-0.15, -0.1) is 10.2 Å². The molecule has 0 saturated carbocycles. The lowest BCUT2D eigenvalue weighted by atomic mass is 10.1. The molecule has 0 unspecified atom stereocenters. The fraction of sp³-hybridized carbons (Fsp3) is 0.241. The summed E-state index contributed by atoms with van der Waals surface area (Å²) >= 11 is 0. The monoisotopic (exact) mass is 576 g/mol. The normalized spacial score (nSPS) is 12.0. The molecule has 0 aromatic heterocycles. The number of ether oxygens (including phenoxy) is 1. The summed E-state index contributed by atoms with van der Waals surface area (Å²) < 4.78 is 39.9. The van der Waals surface area contributed by atoms with E-state index < -0.39 is 26.5 Å². The largest absolute Gasteiger partial charge is 0.505 e. The number of nitrogen functional groups attached to an aromatic ring is 1. The van der Waals surface area contributed by atoms with Crippen molar-refractivity contribution in [3.63, 3.8) is 0 Å². The first-order chi connectivity index (χ1) is 19.6. The molecule has 0 aliphatic rings. The Bertz CT molecular complexity index is 1700. The molecule has 12 heteroatoms. The fourth-order valence-electron chi connectivity index (χ4n) is 4.17. The predicted molar refractivity (Wildman–Crippen MR) is 160 cm³/mol. The number of fused-ring (bicyclic) bond motifs is 1. The van der Waals surface area contributed by atoms with Crippen LogP contribution in [0.3, 0.4) is 0 Å². The maximum Gasteiger partial charge on any atom is 0.296 e. The number of phenolic OH excluding ortho intramolecular Hbond substituents is 1. The van der Waals surface area contributed by atoms with E-state index in [1.54, 1.807) is 24.3 Å². The van der Waals surface area contributed by atoms with Crippen LogP contribution >= 0.6 is 0 Å². The molecule has 11 nitrogen and oxygen atoms in total. The van der Waals surface area contributed by atoms with Crippen LogP contribution < -0.4 is 15.4 Å². The van der Waals surface area contributed by atoms with Gasteiger partial charge in [-0.3, -0.25) is 4.55 Å². The van der Waals surface area contributed by atoms with E-state index in [0.717, 1.165) is 25.2 Å². The molecule has 0 saturated heterocycles. The van der Waals surface area contributed by atoms with Crippen LogP contribution in [0.1, 0.15) is 27.2 Å². The van der Waals surface area contributed by atoms with Gasteiger partial charge in [0.2, 0.25) is 0 Å². The quantitative estimate of drug-likeness (QED) is 0.0930. The van der Waals surface area contributed by atoms with Gasteiger partial charge in [-0.2, -0.15) is 18.6 Å². The average molecular weight is 577 g/mol. The molecule has 41 heavy (non-hydrogen) atoms. The second-order valence-electron chi connectivity index (χ2n) is 9.12. The predicted octanol–water partition coefficient (Wildman–Crippen LogP) is 7.84. The topological polar surface area (TPSA) is 163 Å². The summed E-state index contributed by atoms with van der Waals surface area (Å²) in [4.78, 5) is 1.64. The fourth-order valence-corrected chi connectivity index (χ4v) is 4.82. The molecule has 0 spiro atoms. The molecule has 0 bridgehead atoms. The molecule has 0 heterocycles. The molecular formula is C29H32N6O5S. The average Bonchev–Trinajstić information content (AvgIpc) is 2.96. The van der Waals surface area contributed by atoms with E-state index in [1.165, 1.54) is 18.2 Å². The molecule has 0 aliphatic heterocycles. The Labute approximate surface area is 238 Å². The molecule has 0 amide bonds. The Morgan fingerprint density at radius 2 is 1.54 bits per heavy atom. The summed E-state index contributed by atoms with van der Waals surface area (Å²) in [7, 11) is -4.74. The number of rotatable bonds is 11. The Kier molecular flexibility index (Phi) is 9.15. The minimum Gasteiger partial charge on any atom is -0.505 e. The number of nitrogens with two attached hydrogens (primary N) is 1. The van der Waals surface area contributed by atoms with Crippen LogP contribution in [0, 0.1) is 0 Å². The van der Waals surface area contributed by atoms with Crippen LogP contribution in [0.4, 0.5) is 34.1 Å². The van der Waals surface area contributed by atoms with Crippen LogP contribution in [-0.4, -0.2) is 37.8 Å². The number of nitrogens with zero attached hydrogens (tertiary/aromatic N) is 5. The number of benzene rings is 4. The molecule has 0 atom stereocenters. The molecule has 4 aromatic carbocycles. The molecule has 214 valence electrons. The minimum atomic E-state index is -4.74. The molecular weight excluding hydrogens is 544 g/mol. The van der Waals surface area contributed by atoms with E-state index >= 15 is 0 Å². The van der Waals surface area contributed by atoms with Gasteiger partial charge in [0.1, 0.15) is 22.0 Å². The standard InChI is InChI=1S/C29H32N6O5S/c1-4-15-40-26-18-22(32-31-21-9-12-23(13-10-21)35(5-2)6-3)11-14-25(26)33-34-28-27(41(37,38)39)16-19-7-8-20(30)17-24(19)29(28)36/h7-14,16-18,36H,4-6,15,30H2,1-3H3,(H,37,38,39). The number of anilines is 2. The highest BCUT2D eigenvalue weighted by Gasteiger charge is 2.22. The molecule has 0 aliphatic carbocycles. The molecule has 0 radical (unpaired) electrons. The highest BCUT2D eigenvalue weighted by molar-refractivity contribution is 7.86. The molecule has 0 fully saturated rings. The van der Waals surface area contributed by atoms with Gasteiger partial charge in [0.25, 0.3) is 10.1 Å². The van der Waals surface area contributed by atoms with Crippen molar-refractivity contribution in [2.75, 3.05) is 30.3 Å². The highest BCUT2D eigenvalue weighted by Crippen LogP contribution is 2.43. The van der Waals surface area contributed by atoms with Gasteiger partial charge in [-0.25, -0.2) is 0 Å². The smallest absolute Gasteiger partial charge is 0.296 e. The van der Waals surface area contributed by atoms with Crippen LogP contribution in [-0.2, 0) is 10.1 Å². The van der Waals surface area contributed by atoms with Crippen LogP contribution in [0.25, 0.3) is 10.8 Å². The maximum atomic E-state index is 12.1. The molecule has 4 aromatic rings. The summed E-state index contributed by atoms with van der Waals surface area (Å²) in [5.41, 5.74) is 8.32. The van der Waals surface area contributed by atoms with Gasteiger partial charge >= 0.3 is 0 Å². The van der Waals surface area contributed by atoms with Crippen LogP contribution in [0.5, 0.6) is 11.5 Å². The van der Waals surface area contributed by atoms with E-state index in [4.69, 9.17) is 10.5 Å². The summed E-state index contributed by atoms with van der Waals surface area (Å²) in [5, 5.41) is 28.3. The third-order valence-corrected chi connectivity index (χ3v) is 7.14. The third-order valence-electron chi connectivity index (χ3n) is 6.28. The lowest BCUT2D eigenvalue weighted by Gasteiger charge is -2.20. The summed E-state index contributed by atoms with van der Waals surface area (Å²) in [6, 6.07) is 18.4. The summed E-state index contributed by atoms with van der Waals surface area (Å²) in [5.74, 6) is -0.151. The first kappa shape index (κ1) is 29.4. The Hall–Kier alpha value is -4.55. The highest BCUT2D eigenvalue weighted by atomic mass is 32.2. The summed E-state index contributed by atoms with van der Waals surface area (Å²) in [6.07, 6.45) is 0.723. The number of hydrogen-bond acceptors (Lipinski definition) is 10. The van der Waals surface area contributed by atoms with E-state index in [9.17, 15) is 18.1 Å². The zero-order valence-electron chi connectivity index (χ0n) is 23.0. The molecule has 4 N–H and O–H groups in total. The van der Waals surface area contributed by atoms with Crippen LogP contribution in [0.15, 0.2) is 92.1 Å². The number of hydrogen-bond donors (Lipinski definition) is 3. The van der Waals surface area contributed by atoms with Crippen molar-refractivity contribution in [1.29, 1.82) is 0 Å². The van der Waals surface area contributed by atoms with Crippen molar-refractivity contribution in [3.05, 3.63) is 66.7 Å². The van der Waals surface area contributed by atoms with Crippen molar-refractivity contribution in [3.8, 4) is 11.5 Å². The SMILES string of the molecule is CCCOc1cc(N=Nc2ccc(N(CC)CC)cc2)ccc1N=Nc1c(S(=O)(=O)O)cc2ccc(N)cc2c1O. The van der Waals surface area contributed by atoms with Gasteiger partial charge in [0.05, 0.1) is 18.0 Å². The zero-order valence-corrected chi connectivity index (χ0v) is 23.8. The Morgan fingerprint density at radius 1 is 0.854 bits per heavy atom. The van der Waals surface area contributed by atoms with E-state index in [0.29, 0.717) is 34.8 Å². The van der Waals surface area contributed by atoms with E-state index in [2.05, 4.69) is 39.2 Å². The maximum absolute atomic E-state index is 12.1. The number of azo groups is 2. The first-order valence-corrected chi connectivity index (χ1v) is 14.6. The van der Waals surface area contributed by atoms with E-state index in [-0.39, 0.29) is 11.1 Å². The van der Waals surface area contributed by atoms with Gasteiger partial charge < -0.3 is 20.5 Å². The van der Waals surface area contributed by atoms with Gasteiger partial charge in [-0.05, 0) is 80.3 Å². The van der Waals surface area contributed by atoms with Crippen molar-refractivity contribution in [1.82, 2.24) is 0 Å². The Morgan fingerprint density at radius 3 is 2.20 bits per heavy atom. The second kappa shape index (κ2) is 12.7. The van der Waals surface area contributed by atoms with Crippen molar-refractivity contribution in [2.45, 2.75) is 32.1 Å². The van der Waals surface area contributed by atoms with Gasteiger partial charge in [-0.1, -0.05) is 13.0 Å². The second-order valence-corrected chi connectivity index (χ2v) is 10.5. The van der Waals surface area contributed by atoms with Crippen LogP contribution in [0.2, 0.25) is 0 Å². The lowest BCUT2D eigenvalue weighted by molar-refractivity contribution is 0.318.